The van der Waals surface area contributed by atoms with Gasteiger partial charge in [0.25, 0.3) is 5.91 Å². The second-order valence-electron chi connectivity index (χ2n) is 6.37. The van der Waals surface area contributed by atoms with E-state index in [4.69, 9.17) is 4.42 Å². The highest BCUT2D eigenvalue weighted by atomic mass is 16.3. The summed E-state index contributed by atoms with van der Waals surface area (Å²) < 4.78 is 7.72. The molecule has 1 saturated heterocycles. The van der Waals surface area contributed by atoms with Crippen LogP contribution in [0.4, 0.5) is 0 Å². The summed E-state index contributed by atoms with van der Waals surface area (Å²) in [5.41, 5.74) is -1.38. The number of rotatable bonds is 1. The van der Waals surface area contributed by atoms with Crippen LogP contribution in [-0.4, -0.2) is 38.2 Å². The molecule has 2 aromatic rings. The molecule has 8 nitrogen and oxygen atoms in total. The Balaban J connectivity index is 1.61. The van der Waals surface area contributed by atoms with Gasteiger partial charge in [-0.2, -0.15) is 5.10 Å². The average Bonchev–Trinajstić information content (AvgIpc) is 3.25. The van der Waals surface area contributed by atoms with Crippen LogP contribution in [0.2, 0.25) is 0 Å². The van der Waals surface area contributed by atoms with Crippen molar-refractivity contribution in [3.8, 4) is 0 Å². The van der Waals surface area contributed by atoms with Crippen LogP contribution in [-0.2, 0) is 20.0 Å². The normalized spacial score (nSPS) is 22.7. The number of aromatic nitrogens is 3. The van der Waals surface area contributed by atoms with Gasteiger partial charge >= 0.3 is 11.1 Å². The molecule has 1 fully saturated rings. The van der Waals surface area contributed by atoms with Crippen LogP contribution in [0.1, 0.15) is 22.8 Å². The highest BCUT2D eigenvalue weighted by Gasteiger charge is 2.46. The molecule has 23 heavy (non-hydrogen) atoms. The predicted octanol–water partition coefficient (Wildman–Crippen LogP) is -0.376. The van der Waals surface area contributed by atoms with Gasteiger partial charge in [0.2, 0.25) is 0 Å². The summed E-state index contributed by atoms with van der Waals surface area (Å²) >= 11 is 0. The number of hydrogen-bond acceptors (Lipinski definition) is 5. The molecule has 1 atom stereocenters. The van der Waals surface area contributed by atoms with Gasteiger partial charge in [-0.05, 0) is 18.6 Å². The van der Waals surface area contributed by atoms with E-state index in [-0.39, 0.29) is 11.3 Å². The molecule has 8 heteroatoms. The molecule has 2 aromatic heterocycles. The molecule has 0 N–H and O–H groups in total. The molecule has 4 rings (SSSR count). The third-order valence-electron chi connectivity index (χ3n) is 4.78. The minimum absolute atomic E-state index is 0.141. The van der Waals surface area contributed by atoms with Gasteiger partial charge in [0.15, 0.2) is 5.76 Å². The van der Waals surface area contributed by atoms with Crippen molar-refractivity contribution in [3.05, 3.63) is 50.7 Å². The maximum Gasteiger partial charge on any atom is 0.332 e. The maximum atomic E-state index is 12.4. The van der Waals surface area contributed by atoms with E-state index >= 15 is 0 Å². The highest BCUT2D eigenvalue weighted by molar-refractivity contribution is 5.91. The molecule has 1 spiro atoms. The van der Waals surface area contributed by atoms with E-state index in [1.165, 1.54) is 17.9 Å². The van der Waals surface area contributed by atoms with Crippen molar-refractivity contribution in [3.63, 3.8) is 0 Å². The van der Waals surface area contributed by atoms with Crippen molar-refractivity contribution in [2.24, 2.45) is 12.5 Å². The summed E-state index contributed by atoms with van der Waals surface area (Å²) in [6, 6.07) is 3.33. The van der Waals surface area contributed by atoms with Crippen molar-refractivity contribution < 1.29 is 9.21 Å². The van der Waals surface area contributed by atoms with Crippen LogP contribution < -0.4 is 11.1 Å². The first-order valence-electron chi connectivity index (χ1n) is 7.49. The maximum absolute atomic E-state index is 12.4. The van der Waals surface area contributed by atoms with Crippen molar-refractivity contribution in [2.75, 3.05) is 13.1 Å². The number of hydrogen-bond donors (Lipinski definition) is 0. The van der Waals surface area contributed by atoms with Crippen molar-refractivity contribution in [1.82, 2.24) is 19.2 Å². The number of carbonyl (C=O) groups is 1. The van der Waals surface area contributed by atoms with Crippen LogP contribution in [0.5, 0.6) is 0 Å². The van der Waals surface area contributed by atoms with Crippen LogP contribution in [0.25, 0.3) is 0 Å². The lowest BCUT2D eigenvalue weighted by Gasteiger charge is -2.22. The Morgan fingerprint density at radius 1 is 1.30 bits per heavy atom. The Hall–Kier alpha value is -2.64. The summed E-state index contributed by atoms with van der Waals surface area (Å²) in [6.45, 7) is 1.58. The van der Waals surface area contributed by atoms with Gasteiger partial charge in [0.1, 0.15) is 5.82 Å². The van der Waals surface area contributed by atoms with E-state index in [9.17, 15) is 14.4 Å². The topological polar surface area (TPSA) is 90.3 Å². The molecule has 0 aromatic carbocycles. The Labute approximate surface area is 130 Å². The summed E-state index contributed by atoms with van der Waals surface area (Å²) in [5.74, 6) is 0.795. The van der Waals surface area contributed by atoms with E-state index in [1.807, 2.05) is 0 Å². The van der Waals surface area contributed by atoms with Gasteiger partial charge in [0, 0.05) is 38.5 Å². The third kappa shape index (κ3) is 2.05. The number of furan rings is 1. The molecule has 2 aliphatic rings. The Bertz CT molecular complexity index is 895. The van der Waals surface area contributed by atoms with Crippen molar-refractivity contribution >= 4 is 5.91 Å². The number of amides is 1. The SMILES string of the molecule is Cn1nc2n(c(=O)c1=O)CC1(CCN(C(=O)c3ccco3)C1)C2. The molecule has 0 saturated carbocycles. The van der Waals surface area contributed by atoms with Crippen LogP contribution >= 0.6 is 0 Å². The van der Waals surface area contributed by atoms with Crippen LogP contribution in [0.3, 0.4) is 0 Å². The zero-order chi connectivity index (χ0) is 16.2. The third-order valence-corrected chi connectivity index (χ3v) is 4.78. The van der Waals surface area contributed by atoms with Gasteiger partial charge in [0.05, 0.1) is 6.26 Å². The predicted molar refractivity (Wildman–Crippen MR) is 79.1 cm³/mol. The summed E-state index contributed by atoms with van der Waals surface area (Å²) in [5, 5.41) is 4.20. The molecular formula is C15H16N4O4. The number of fused-ring (bicyclic) bond motifs is 1. The van der Waals surface area contributed by atoms with Crippen LogP contribution in [0.15, 0.2) is 32.4 Å². The first-order chi connectivity index (χ1) is 11.0. The minimum Gasteiger partial charge on any atom is -0.459 e. The molecule has 1 unspecified atom stereocenters. The molecule has 120 valence electrons. The molecule has 0 radical (unpaired) electrons. The first-order valence-corrected chi connectivity index (χ1v) is 7.49. The lowest BCUT2D eigenvalue weighted by Crippen LogP contribution is -2.42. The fourth-order valence-electron chi connectivity index (χ4n) is 3.60. The van der Waals surface area contributed by atoms with Crippen molar-refractivity contribution in [1.29, 1.82) is 0 Å². The number of carbonyl (C=O) groups excluding carboxylic acids is 1. The van der Waals surface area contributed by atoms with Gasteiger partial charge < -0.3 is 9.32 Å². The van der Waals surface area contributed by atoms with Gasteiger partial charge in [-0.1, -0.05) is 0 Å². The fourth-order valence-corrected chi connectivity index (χ4v) is 3.60. The quantitative estimate of drug-likeness (QED) is 0.669. The highest BCUT2D eigenvalue weighted by Crippen LogP contribution is 2.39. The summed E-state index contributed by atoms with van der Waals surface area (Å²) in [6.07, 6.45) is 2.85. The smallest absolute Gasteiger partial charge is 0.332 e. The first kappa shape index (κ1) is 14.0. The fraction of sp³-hybridized carbons (Fsp3) is 0.467. The zero-order valence-corrected chi connectivity index (χ0v) is 12.7. The summed E-state index contributed by atoms with van der Waals surface area (Å²) in [4.78, 5) is 38.0. The second kappa shape index (κ2) is 4.68. The van der Waals surface area contributed by atoms with E-state index in [0.717, 1.165) is 11.1 Å². The number of likely N-dealkylation sites (tertiary alicyclic amines) is 1. The molecular weight excluding hydrogens is 300 g/mol. The average molecular weight is 316 g/mol. The number of aryl methyl sites for hydroxylation is 1. The van der Waals surface area contributed by atoms with E-state index in [1.54, 1.807) is 17.0 Å². The molecule has 2 aliphatic heterocycles. The standard InChI is InChI=1S/C15H16N4O4/c1-17-13(21)14(22)19-9-15(7-11(19)16-17)4-5-18(8-15)12(20)10-3-2-6-23-10/h2-3,6H,4-5,7-9H2,1H3. The number of nitrogens with zero attached hydrogens (tertiary/aromatic N) is 4. The van der Waals surface area contributed by atoms with E-state index in [0.29, 0.717) is 37.6 Å². The summed E-state index contributed by atoms with van der Waals surface area (Å²) in [7, 11) is 1.48. The largest absolute Gasteiger partial charge is 0.459 e. The molecule has 0 bridgehead atoms. The lowest BCUT2D eigenvalue weighted by molar-refractivity contribution is 0.0740. The lowest BCUT2D eigenvalue weighted by atomic mass is 9.86. The Morgan fingerprint density at radius 2 is 2.13 bits per heavy atom. The second-order valence-corrected chi connectivity index (χ2v) is 6.37. The molecule has 0 aliphatic carbocycles. The zero-order valence-electron chi connectivity index (χ0n) is 12.7. The van der Waals surface area contributed by atoms with E-state index < -0.39 is 11.1 Å². The molecule has 1 amide bonds. The van der Waals surface area contributed by atoms with Gasteiger partial charge in [-0.3, -0.25) is 19.0 Å². The minimum atomic E-state index is -0.618. The van der Waals surface area contributed by atoms with Crippen LogP contribution in [0, 0.1) is 5.41 Å². The monoisotopic (exact) mass is 316 g/mol. The van der Waals surface area contributed by atoms with Gasteiger partial charge in [-0.15, -0.1) is 0 Å². The molecule has 4 heterocycles. The Morgan fingerprint density at radius 3 is 2.87 bits per heavy atom. The Kier molecular flexibility index (Phi) is 2.84. The van der Waals surface area contributed by atoms with Gasteiger partial charge in [-0.25, -0.2) is 4.68 Å². The van der Waals surface area contributed by atoms with Crippen molar-refractivity contribution in [2.45, 2.75) is 19.4 Å². The van der Waals surface area contributed by atoms with E-state index in [2.05, 4.69) is 5.10 Å².